The molecule has 21 heavy (non-hydrogen) atoms. The molecule has 5 nitrogen and oxygen atoms in total. The summed E-state index contributed by atoms with van der Waals surface area (Å²) in [6, 6.07) is 4.96. The van der Waals surface area contributed by atoms with Gasteiger partial charge in [-0.1, -0.05) is 29.3 Å². The molecule has 0 saturated heterocycles. The molecule has 0 aromatic carbocycles. The maximum absolute atomic E-state index is 12.1. The molecule has 2 aromatic rings. The van der Waals surface area contributed by atoms with Gasteiger partial charge in [-0.3, -0.25) is 4.79 Å². The van der Waals surface area contributed by atoms with Crippen molar-refractivity contribution in [2.75, 3.05) is 18.0 Å². The summed E-state index contributed by atoms with van der Waals surface area (Å²) in [5.41, 5.74) is 1.35. The molecule has 7 heteroatoms. The second kappa shape index (κ2) is 6.91. The minimum Gasteiger partial charge on any atom is -0.371 e. The number of halogens is 2. The second-order valence-corrected chi connectivity index (χ2v) is 5.21. The summed E-state index contributed by atoms with van der Waals surface area (Å²) in [6.45, 7) is 5.99. The van der Waals surface area contributed by atoms with Crippen molar-refractivity contribution in [2.24, 2.45) is 0 Å². The maximum atomic E-state index is 12.1. The molecular formula is C14H16Cl2N4O. The van der Waals surface area contributed by atoms with Crippen LogP contribution in [0.3, 0.4) is 0 Å². The quantitative estimate of drug-likeness (QED) is 0.793. The lowest BCUT2D eigenvalue weighted by atomic mass is 10.3. The van der Waals surface area contributed by atoms with Crippen LogP contribution in [-0.2, 0) is 6.54 Å². The van der Waals surface area contributed by atoms with Crippen LogP contribution in [0.15, 0.2) is 29.2 Å². The van der Waals surface area contributed by atoms with E-state index < -0.39 is 0 Å². The molecule has 0 bridgehead atoms. The Balaban J connectivity index is 2.27. The van der Waals surface area contributed by atoms with Gasteiger partial charge in [0.2, 0.25) is 0 Å². The van der Waals surface area contributed by atoms with Gasteiger partial charge in [-0.15, -0.1) is 0 Å². The van der Waals surface area contributed by atoms with Crippen molar-refractivity contribution in [3.05, 3.63) is 50.6 Å². The standard InChI is InChI=1S/C14H16Cl2N4O/c1-3-19(4-2)11-7-13(21)20(17-8-11)9-10-5-6-12(15)18-14(10)16/h5-8H,3-4,9H2,1-2H3. The summed E-state index contributed by atoms with van der Waals surface area (Å²) >= 11 is 11.8. The van der Waals surface area contributed by atoms with Crippen LogP contribution in [0.1, 0.15) is 19.4 Å². The lowest BCUT2D eigenvalue weighted by Gasteiger charge is -2.20. The summed E-state index contributed by atoms with van der Waals surface area (Å²) < 4.78 is 1.35. The van der Waals surface area contributed by atoms with E-state index in [1.807, 2.05) is 13.8 Å². The molecule has 0 unspecified atom stereocenters. The SMILES string of the molecule is CCN(CC)c1cnn(Cc2ccc(Cl)nc2Cl)c(=O)c1. The van der Waals surface area contributed by atoms with Gasteiger partial charge in [0.25, 0.3) is 5.56 Å². The fraction of sp³-hybridized carbons (Fsp3) is 0.357. The van der Waals surface area contributed by atoms with Crippen LogP contribution in [0.25, 0.3) is 0 Å². The minimum atomic E-state index is -0.176. The first-order chi connectivity index (χ1) is 10.0. The highest BCUT2D eigenvalue weighted by molar-refractivity contribution is 6.32. The van der Waals surface area contributed by atoms with Crippen LogP contribution < -0.4 is 10.5 Å². The summed E-state index contributed by atoms with van der Waals surface area (Å²) in [5.74, 6) is 0. The van der Waals surface area contributed by atoms with Gasteiger partial charge in [0, 0.05) is 24.7 Å². The molecule has 0 amide bonds. The smallest absolute Gasteiger partial charge is 0.269 e. The first kappa shape index (κ1) is 15.8. The second-order valence-electron chi connectivity index (χ2n) is 4.47. The maximum Gasteiger partial charge on any atom is 0.269 e. The van der Waals surface area contributed by atoms with E-state index in [9.17, 15) is 4.79 Å². The summed E-state index contributed by atoms with van der Waals surface area (Å²) in [4.78, 5) is 18.2. The molecule has 0 aliphatic rings. The van der Waals surface area contributed by atoms with Gasteiger partial charge in [0.05, 0.1) is 18.4 Å². The van der Waals surface area contributed by atoms with E-state index in [0.717, 1.165) is 18.8 Å². The number of nitrogens with zero attached hydrogens (tertiary/aromatic N) is 4. The Kier molecular flexibility index (Phi) is 5.20. The molecule has 2 aromatic heterocycles. The Morgan fingerprint density at radius 2 is 1.95 bits per heavy atom. The van der Waals surface area contributed by atoms with Gasteiger partial charge in [-0.25, -0.2) is 9.67 Å². The van der Waals surface area contributed by atoms with E-state index >= 15 is 0 Å². The van der Waals surface area contributed by atoms with Crippen LogP contribution in [0.2, 0.25) is 10.3 Å². The summed E-state index contributed by atoms with van der Waals surface area (Å²) in [5, 5.41) is 4.80. The van der Waals surface area contributed by atoms with E-state index in [4.69, 9.17) is 23.2 Å². The van der Waals surface area contributed by atoms with Gasteiger partial charge in [0.1, 0.15) is 10.3 Å². The third-order valence-electron chi connectivity index (χ3n) is 3.20. The molecule has 0 saturated carbocycles. The highest BCUT2D eigenvalue weighted by Gasteiger charge is 2.08. The van der Waals surface area contributed by atoms with Crippen molar-refractivity contribution in [1.29, 1.82) is 0 Å². The van der Waals surface area contributed by atoms with Crippen LogP contribution in [0.5, 0.6) is 0 Å². The number of hydrogen-bond acceptors (Lipinski definition) is 4. The monoisotopic (exact) mass is 326 g/mol. The Bertz CT molecular complexity index is 683. The number of aromatic nitrogens is 3. The first-order valence-electron chi connectivity index (χ1n) is 6.68. The number of hydrogen-bond donors (Lipinski definition) is 0. The number of anilines is 1. The molecule has 0 aliphatic heterocycles. The Labute approximate surface area is 133 Å². The van der Waals surface area contributed by atoms with Crippen molar-refractivity contribution in [2.45, 2.75) is 20.4 Å². The fourth-order valence-corrected chi connectivity index (χ4v) is 2.43. The van der Waals surface area contributed by atoms with Crippen LogP contribution in [0.4, 0.5) is 5.69 Å². The molecule has 2 heterocycles. The van der Waals surface area contributed by atoms with Crippen LogP contribution in [0, 0.1) is 0 Å². The third kappa shape index (κ3) is 3.74. The van der Waals surface area contributed by atoms with E-state index in [1.54, 1.807) is 24.4 Å². The lowest BCUT2D eigenvalue weighted by molar-refractivity contribution is 0.635. The topological polar surface area (TPSA) is 51.0 Å². The van der Waals surface area contributed by atoms with Crippen molar-refractivity contribution < 1.29 is 0 Å². The molecule has 0 atom stereocenters. The van der Waals surface area contributed by atoms with Crippen LogP contribution in [-0.4, -0.2) is 27.9 Å². The van der Waals surface area contributed by atoms with Crippen molar-refractivity contribution in [3.8, 4) is 0 Å². The average Bonchev–Trinajstić information content (AvgIpc) is 2.45. The highest BCUT2D eigenvalue weighted by Crippen LogP contribution is 2.17. The predicted molar refractivity (Wildman–Crippen MR) is 85.4 cm³/mol. The fourth-order valence-electron chi connectivity index (χ4n) is 2.02. The van der Waals surface area contributed by atoms with Gasteiger partial charge in [-0.05, 0) is 19.9 Å². The van der Waals surface area contributed by atoms with Gasteiger partial charge in [-0.2, -0.15) is 5.10 Å². The molecule has 0 N–H and O–H groups in total. The van der Waals surface area contributed by atoms with Crippen molar-refractivity contribution in [1.82, 2.24) is 14.8 Å². The zero-order valence-corrected chi connectivity index (χ0v) is 13.4. The molecule has 0 spiro atoms. The zero-order chi connectivity index (χ0) is 15.4. The zero-order valence-electron chi connectivity index (χ0n) is 11.9. The highest BCUT2D eigenvalue weighted by atomic mass is 35.5. The number of pyridine rings is 1. The third-order valence-corrected chi connectivity index (χ3v) is 3.73. The van der Waals surface area contributed by atoms with Gasteiger partial charge < -0.3 is 4.90 Å². The molecule has 112 valence electrons. The molecular weight excluding hydrogens is 311 g/mol. The van der Waals surface area contributed by atoms with Gasteiger partial charge >= 0.3 is 0 Å². The molecule has 2 rings (SSSR count). The molecule has 0 aliphatic carbocycles. The largest absolute Gasteiger partial charge is 0.371 e. The first-order valence-corrected chi connectivity index (χ1v) is 7.43. The Hall–Kier alpha value is -1.59. The Morgan fingerprint density at radius 1 is 1.24 bits per heavy atom. The minimum absolute atomic E-state index is 0.176. The number of rotatable bonds is 5. The normalized spacial score (nSPS) is 10.7. The summed E-state index contributed by atoms with van der Waals surface area (Å²) in [7, 11) is 0. The van der Waals surface area contributed by atoms with Crippen LogP contribution >= 0.6 is 23.2 Å². The van der Waals surface area contributed by atoms with E-state index in [0.29, 0.717) is 10.7 Å². The lowest BCUT2D eigenvalue weighted by Crippen LogP contribution is -2.28. The predicted octanol–water partition coefficient (Wildman–Crippen LogP) is 2.84. The van der Waals surface area contributed by atoms with Crippen molar-refractivity contribution >= 4 is 28.9 Å². The van der Waals surface area contributed by atoms with Crippen molar-refractivity contribution in [3.63, 3.8) is 0 Å². The van der Waals surface area contributed by atoms with E-state index in [1.165, 1.54) is 4.68 Å². The average molecular weight is 327 g/mol. The molecule has 0 radical (unpaired) electrons. The van der Waals surface area contributed by atoms with E-state index in [-0.39, 0.29) is 17.3 Å². The Morgan fingerprint density at radius 3 is 2.52 bits per heavy atom. The van der Waals surface area contributed by atoms with E-state index in [2.05, 4.69) is 15.0 Å². The van der Waals surface area contributed by atoms with Gasteiger partial charge in [0.15, 0.2) is 0 Å². The summed E-state index contributed by atoms with van der Waals surface area (Å²) in [6.07, 6.45) is 1.69. The molecule has 0 fully saturated rings.